The second-order valence-electron chi connectivity index (χ2n) is 4.81. The molecule has 0 bridgehead atoms. The van der Waals surface area contributed by atoms with E-state index in [0.717, 1.165) is 38.3 Å². The van der Waals surface area contributed by atoms with Gasteiger partial charge in [0, 0.05) is 25.4 Å². The molecule has 1 fully saturated rings. The predicted octanol–water partition coefficient (Wildman–Crippen LogP) is 1.53. The first-order valence-electron chi connectivity index (χ1n) is 6.53. The van der Waals surface area contributed by atoms with Gasteiger partial charge < -0.3 is 14.8 Å². The van der Waals surface area contributed by atoms with Crippen LogP contribution in [0.25, 0.3) is 0 Å². The number of nitrogens with one attached hydrogen (secondary N) is 1. The first-order chi connectivity index (χ1) is 8.74. The lowest BCUT2D eigenvalue weighted by molar-refractivity contribution is 0.0235. The van der Waals surface area contributed by atoms with Crippen molar-refractivity contribution in [2.75, 3.05) is 13.2 Å². The molecule has 0 saturated carbocycles. The van der Waals surface area contributed by atoms with Crippen LogP contribution in [-0.2, 0) is 11.3 Å². The van der Waals surface area contributed by atoms with E-state index in [4.69, 9.17) is 9.47 Å². The van der Waals surface area contributed by atoms with Gasteiger partial charge in [0.05, 0.1) is 31.3 Å². The maximum atomic E-state index is 5.76. The van der Waals surface area contributed by atoms with Crippen LogP contribution in [0, 0.1) is 0 Å². The van der Waals surface area contributed by atoms with Gasteiger partial charge in [0.15, 0.2) is 0 Å². The normalized spacial score (nSPS) is 17.1. The van der Waals surface area contributed by atoms with Gasteiger partial charge in [-0.1, -0.05) is 13.8 Å². The third-order valence-electron chi connectivity index (χ3n) is 2.83. The third kappa shape index (κ3) is 4.23. The molecule has 1 saturated heterocycles. The predicted molar refractivity (Wildman–Crippen MR) is 68.5 cm³/mol. The summed E-state index contributed by atoms with van der Waals surface area (Å²) in [6, 6.07) is 0.449. The van der Waals surface area contributed by atoms with Crippen LogP contribution in [0.5, 0.6) is 5.88 Å². The number of rotatable bonds is 5. The third-order valence-corrected chi connectivity index (χ3v) is 2.83. The Hall–Kier alpha value is -1.20. The molecule has 2 heterocycles. The van der Waals surface area contributed by atoms with E-state index >= 15 is 0 Å². The summed E-state index contributed by atoms with van der Waals surface area (Å²) >= 11 is 0. The van der Waals surface area contributed by atoms with E-state index in [1.807, 2.05) is 0 Å². The fourth-order valence-corrected chi connectivity index (χ4v) is 1.77. The first kappa shape index (κ1) is 13.2. The van der Waals surface area contributed by atoms with E-state index in [1.54, 1.807) is 12.4 Å². The molecule has 1 N–H and O–H groups in total. The lowest BCUT2D eigenvalue weighted by Gasteiger charge is -2.22. The summed E-state index contributed by atoms with van der Waals surface area (Å²) < 4.78 is 11.0. The average Bonchev–Trinajstić information content (AvgIpc) is 2.39. The van der Waals surface area contributed by atoms with E-state index in [9.17, 15) is 0 Å². The highest BCUT2D eigenvalue weighted by Crippen LogP contribution is 2.14. The Bertz CT molecular complexity index is 348. The van der Waals surface area contributed by atoms with Crippen LogP contribution in [0.4, 0.5) is 0 Å². The molecular weight excluding hydrogens is 230 g/mol. The van der Waals surface area contributed by atoms with Gasteiger partial charge in [-0.25, -0.2) is 4.98 Å². The van der Waals surface area contributed by atoms with Gasteiger partial charge in [-0.3, -0.25) is 4.98 Å². The lowest BCUT2D eigenvalue weighted by Crippen LogP contribution is -2.26. The summed E-state index contributed by atoms with van der Waals surface area (Å²) in [5, 5.41) is 3.30. The van der Waals surface area contributed by atoms with Crippen LogP contribution in [0.2, 0.25) is 0 Å². The first-order valence-corrected chi connectivity index (χ1v) is 6.53. The molecule has 5 heteroatoms. The zero-order valence-electron chi connectivity index (χ0n) is 11.1. The topological polar surface area (TPSA) is 56.3 Å². The van der Waals surface area contributed by atoms with Gasteiger partial charge in [-0.2, -0.15) is 0 Å². The Morgan fingerprint density at radius 3 is 2.72 bits per heavy atom. The van der Waals surface area contributed by atoms with Crippen molar-refractivity contribution in [3.8, 4) is 5.88 Å². The van der Waals surface area contributed by atoms with Gasteiger partial charge in [-0.05, 0) is 0 Å². The van der Waals surface area contributed by atoms with E-state index in [2.05, 4.69) is 29.1 Å². The van der Waals surface area contributed by atoms with Crippen molar-refractivity contribution in [1.29, 1.82) is 0 Å². The van der Waals surface area contributed by atoms with Gasteiger partial charge >= 0.3 is 0 Å². The Labute approximate surface area is 108 Å². The molecule has 100 valence electrons. The SMILES string of the molecule is CC(C)NCc1cnc(OC2CCOCC2)cn1. The number of ether oxygens (including phenoxy) is 2. The van der Waals surface area contributed by atoms with Gasteiger partial charge in [0.1, 0.15) is 6.10 Å². The highest BCUT2D eigenvalue weighted by atomic mass is 16.5. The molecule has 1 aromatic rings. The number of hydrogen-bond acceptors (Lipinski definition) is 5. The maximum absolute atomic E-state index is 5.76. The quantitative estimate of drug-likeness (QED) is 0.860. The fraction of sp³-hybridized carbons (Fsp3) is 0.692. The Kier molecular flexibility index (Phi) is 4.90. The molecule has 0 atom stereocenters. The molecule has 18 heavy (non-hydrogen) atoms. The average molecular weight is 251 g/mol. The highest BCUT2D eigenvalue weighted by molar-refractivity contribution is 5.07. The van der Waals surface area contributed by atoms with Crippen molar-refractivity contribution >= 4 is 0 Å². The van der Waals surface area contributed by atoms with Crippen molar-refractivity contribution in [3.63, 3.8) is 0 Å². The van der Waals surface area contributed by atoms with E-state index in [1.165, 1.54) is 0 Å². The van der Waals surface area contributed by atoms with Crippen molar-refractivity contribution in [1.82, 2.24) is 15.3 Å². The van der Waals surface area contributed by atoms with Crippen molar-refractivity contribution < 1.29 is 9.47 Å². The van der Waals surface area contributed by atoms with Crippen molar-refractivity contribution in [2.24, 2.45) is 0 Å². The molecule has 0 radical (unpaired) electrons. The molecule has 2 rings (SSSR count). The van der Waals surface area contributed by atoms with Crippen LogP contribution in [-0.4, -0.2) is 35.3 Å². The summed E-state index contributed by atoms with van der Waals surface area (Å²) in [7, 11) is 0. The molecule has 5 nitrogen and oxygen atoms in total. The fourth-order valence-electron chi connectivity index (χ4n) is 1.77. The molecule has 1 aliphatic rings. The monoisotopic (exact) mass is 251 g/mol. The standard InChI is InChI=1S/C13H21N3O2/c1-10(2)14-7-11-8-16-13(9-15-11)18-12-3-5-17-6-4-12/h8-10,12,14H,3-7H2,1-2H3. The van der Waals surface area contributed by atoms with Crippen LogP contribution in [0.15, 0.2) is 12.4 Å². The molecule has 1 aromatic heterocycles. The largest absolute Gasteiger partial charge is 0.473 e. The molecule has 0 aliphatic carbocycles. The number of aromatic nitrogens is 2. The summed E-state index contributed by atoms with van der Waals surface area (Å²) in [5.74, 6) is 0.607. The second-order valence-corrected chi connectivity index (χ2v) is 4.81. The van der Waals surface area contributed by atoms with Crippen LogP contribution in [0.1, 0.15) is 32.4 Å². The van der Waals surface area contributed by atoms with Crippen LogP contribution in [0.3, 0.4) is 0 Å². The number of nitrogens with zero attached hydrogens (tertiary/aromatic N) is 2. The summed E-state index contributed by atoms with van der Waals surface area (Å²) in [6.07, 6.45) is 5.54. The zero-order valence-corrected chi connectivity index (χ0v) is 11.1. The summed E-state index contributed by atoms with van der Waals surface area (Å²) in [4.78, 5) is 8.62. The minimum absolute atomic E-state index is 0.215. The molecular formula is C13H21N3O2. The van der Waals surface area contributed by atoms with E-state index in [-0.39, 0.29) is 6.10 Å². The minimum Gasteiger partial charge on any atom is -0.473 e. The van der Waals surface area contributed by atoms with Crippen molar-refractivity contribution in [2.45, 2.75) is 45.4 Å². The minimum atomic E-state index is 0.215. The smallest absolute Gasteiger partial charge is 0.232 e. The molecule has 0 unspecified atom stereocenters. The van der Waals surface area contributed by atoms with Crippen LogP contribution < -0.4 is 10.1 Å². The Balaban J connectivity index is 1.83. The summed E-state index contributed by atoms with van der Waals surface area (Å²) in [5.41, 5.74) is 0.933. The second kappa shape index (κ2) is 6.66. The summed E-state index contributed by atoms with van der Waals surface area (Å²) in [6.45, 7) is 6.50. The lowest BCUT2D eigenvalue weighted by atomic mass is 10.2. The Morgan fingerprint density at radius 1 is 1.33 bits per heavy atom. The van der Waals surface area contributed by atoms with Crippen molar-refractivity contribution in [3.05, 3.63) is 18.1 Å². The zero-order chi connectivity index (χ0) is 12.8. The van der Waals surface area contributed by atoms with Crippen LogP contribution >= 0.6 is 0 Å². The Morgan fingerprint density at radius 2 is 2.11 bits per heavy atom. The molecule has 0 amide bonds. The maximum Gasteiger partial charge on any atom is 0.232 e. The highest BCUT2D eigenvalue weighted by Gasteiger charge is 2.15. The molecule has 1 aliphatic heterocycles. The molecule has 0 aromatic carbocycles. The van der Waals surface area contributed by atoms with E-state index < -0.39 is 0 Å². The number of hydrogen-bond donors (Lipinski definition) is 1. The van der Waals surface area contributed by atoms with Gasteiger partial charge in [-0.15, -0.1) is 0 Å². The van der Waals surface area contributed by atoms with Gasteiger partial charge in [0.25, 0.3) is 0 Å². The molecule has 0 spiro atoms. The van der Waals surface area contributed by atoms with E-state index in [0.29, 0.717) is 11.9 Å². The van der Waals surface area contributed by atoms with Gasteiger partial charge in [0.2, 0.25) is 5.88 Å².